The Balaban J connectivity index is 1.59. The molecule has 2 unspecified atom stereocenters. The summed E-state index contributed by atoms with van der Waals surface area (Å²) in [5.74, 6) is -1.12. The average molecular weight is 468 g/mol. The number of aromatic nitrogens is 2. The Hall–Kier alpha value is -3.40. The van der Waals surface area contributed by atoms with E-state index in [1.165, 1.54) is 23.1 Å². The first-order valence-corrected chi connectivity index (χ1v) is 11.2. The Labute approximate surface area is 192 Å². The highest BCUT2D eigenvalue weighted by molar-refractivity contribution is 7.80. The van der Waals surface area contributed by atoms with Crippen LogP contribution < -0.4 is 16.2 Å². The molecule has 1 spiro atoms. The fourth-order valence-electron chi connectivity index (χ4n) is 5.44. The van der Waals surface area contributed by atoms with Crippen LogP contribution in [0.15, 0.2) is 41.2 Å². The number of nitrogens with one attached hydrogen (secondary N) is 3. The molecule has 168 valence electrons. The summed E-state index contributed by atoms with van der Waals surface area (Å²) in [7, 11) is 0. The number of hydrogen-bond acceptors (Lipinski definition) is 5. The lowest BCUT2D eigenvalue weighted by atomic mass is 9.87. The molecular formula is C23H19F2N5O2S. The highest BCUT2D eigenvalue weighted by atomic mass is 32.1. The minimum absolute atomic E-state index is 0.131. The first-order valence-electron chi connectivity index (χ1n) is 10.8. The van der Waals surface area contributed by atoms with Crippen molar-refractivity contribution in [3.05, 3.63) is 69.6 Å². The predicted molar refractivity (Wildman–Crippen MR) is 122 cm³/mol. The van der Waals surface area contributed by atoms with Gasteiger partial charge in [-0.05, 0) is 54.9 Å². The molecule has 1 aliphatic carbocycles. The zero-order valence-corrected chi connectivity index (χ0v) is 18.1. The van der Waals surface area contributed by atoms with Crippen LogP contribution in [-0.2, 0) is 4.79 Å². The van der Waals surface area contributed by atoms with Gasteiger partial charge in [-0.2, -0.15) is 5.10 Å². The summed E-state index contributed by atoms with van der Waals surface area (Å²) in [6.45, 7) is 0. The van der Waals surface area contributed by atoms with Gasteiger partial charge in [0, 0.05) is 11.1 Å². The highest BCUT2D eigenvalue weighted by Crippen LogP contribution is 2.48. The van der Waals surface area contributed by atoms with Crippen LogP contribution in [-0.4, -0.2) is 31.7 Å². The van der Waals surface area contributed by atoms with Crippen LogP contribution in [0.1, 0.15) is 49.0 Å². The molecule has 10 heteroatoms. The molecule has 2 aliphatic heterocycles. The number of amides is 1. The fraction of sp³-hybridized carbons (Fsp3) is 0.304. The molecule has 1 saturated heterocycles. The lowest BCUT2D eigenvalue weighted by Crippen LogP contribution is -2.46. The molecule has 1 amide bonds. The minimum atomic E-state index is -0.741. The summed E-state index contributed by atoms with van der Waals surface area (Å²) >= 11 is 5.63. The van der Waals surface area contributed by atoms with Crippen LogP contribution >= 0.6 is 12.2 Å². The number of carbonyl (C=O) groups excluding carboxylic acids is 1. The summed E-state index contributed by atoms with van der Waals surface area (Å²) in [6, 6.07) is 6.96. The van der Waals surface area contributed by atoms with Gasteiger partial charge < -0.3 is 10.6 Å². The smallest absolute Gasteiger partial charge is 0.272 e. The van der Waals surface area contributed by atoms with Crippen molar-refractivity contribution in [1.29, 1.82) is 0 Å². The first-order chi connectivity index (χ1) is 15.9. The maximum Gasteiger partial charge on any atom is 0.272 e. The van der Waals surface area contributed by atoms with Crippen molar-refractivity contribution in [2.75, 3.05) is 5.32 Å². The molecule has 1 aromatic heterocycles. The lowest BCUT2D eigenvalue weighted by Gasteiger charge is -2.39. The summed E-state index contributed by atoms with van der Waals surface area (Å²) in [5, 5.41) is 14.1. The number of H-pyrrole nitrogens is 1. The van der Waals surface area contributed by atoms with Gasteiger partial charge in [0.15, 0.2) is 5.11 Å². The Morgan fingerprint density at radius 2 is 1.79 bits per heavy atom. The molecule has 2 atom stereocenters. The number of carbonyl (C=O) groups is 1. The van der Waals surface area contributed by atoms with E-state index in [9.17, 15) is 18.4 Å². The number of benzene rings is 2. The van der Waals surface area contributed by atoms with Crippen LogP contribution in [0.4, 0.5) is 14.5 Å². The van der Waals surface area contributed by atoms with E-state index < -0.39 is 34.8 Å². The van der Waals surface area contributed by atoms with Gasteiger partial charge in [0.25, 0.3) is 11.5 Å². The maximum atomic E-state index is 14.4. The average Bonchev–Trinajstić information content (AvgIpc) is 3.35. The molecule has 3 heterocycles. The van der Waals surface area contributed by atoms with E-state index in [0.717, 1.165) is 18.9 Å². The van der Waals surface area contributed by atoms with E-state index in [0.29, 0.717) is 35.2 Å². The van der Waals surface area contributed by atoms with Crippen LogP contribution in [0.3, 0.4) is 0 Å². The van der Waals surface area contributed by atoms with Crippen molar-refractivity contribution >= 4 is 39.7 Å². The molecule has 2 fully saturated rings. The number of anilines is 1. The standard InChI is InChI=1S/C23H19F2N5O2S/c24-12-5-3-11(4-6-12)17-19(30-21(32)23(27-22(30)33)7-1-2-8-23)18-16-14(20(31)29-28-18)9-13(25)10-15(16)26-17/h3-6,9-10,17,19,26H,1-2,7-8H2,(H,27,33)(H,29,31). The second kappa shape index (κ2) is 7.05. The molecule has 2 aromatic carbocycles. The van der Waals surface area contributed by atoms with Crippen LogP contribution in [0, 0.1) is 11.6 Å². The summed E-state index contributed by atoms with van der Waals surface area (Å²) < 4.78 is 28.0. The molecular weight excluding hydrogens is 448 g/mol. The van der Waals surface area contributed by atoms with Crippen LogP contribution in [0.2, 0.25) is 0 Å². The van der Waals surface area contributed by atoms with Gasteiger partial charge >= 0.3 is 0 Å². The van der Waals surface area contributed by atoms with Crippen molar-refractivity contribution in [2.24, 2.45) is 0 Å². The number of rotatable bonds is 2. The number of halogens is 2. The van der Waals surface area contributed by atoms with Gasteiger partial charge in [-0.15, -0.1) is 0 Å². The number of aromatic amines is 1. The van der Waals surface area contributed by atoms with Gasteiger partial charge in [-0.1, -0.05) is 25.0 Å². The van der Waals surface area contributed by atoms with E-state index >= 15 is 0 Å². The predicted octanol–water partition coefficient (Wildman–Crippen LogP) is 3.44. The Bertz CT molecular complexity index is 1380. The van der Waals surface area contributed by atoms with Crippen LogP contribution in [0.25, 0.3) is 10.8 Å². The largest absolute Gasteiger partial charge is 0.375 e. The van der Waals surface area contributed by atoms with E-state index in [1.54, 1.807) is 12.1 Å². The Kier molecular flexibility index (Phi) is 4.32. The highest BCUT2D eigenvalue weighted by Gasteiger charge is 2.55. The number of hydrogen-bond donors (Lipinski definition) is 3. The van der Waals surface area contributed by atoms with Gasteiger partial charge in [-0.25, -0.2) is 13.9 Å². The summed E-state index contributed by atoms with van der Waals surface area (Å²) in [5.41, 5.74) is 0.177. The summed E-state index contributed by atoms with van der Waals surface area (Å²) in [4.78, 5) is 27.7. The van der Waals surface area contributed by atoms with E-state index in [1.807, 2.05) is 0 Å². The normalized spacial score (nSPS) is 23.3. The first kappa shape index (κ1) is 20.2. The second-order valence-corrected chi connectivity index (χ2v) is 9.21. The SMILES string of the molecule is O=C1N(C2c3n[nH]c(=O)c4cc(F)cc(c34)NC2c2ccc(F)cc2)C(=S)NC12CCCC2. The quantitative estimate of drug-likeness (QED) is 0.501. The topological polar surface area (TPSA) is 90.1 Å². The van der Waals surface area contributed by atoms with E-state index in [-0.39, 0.29) is 16.4 Å². The minimum Gasteiger partial charge on any atom is -0.375 e. The lowest BCUT2D eigenvalue weighted by molar-refractivity contribution is -0.132. The van der Waals surface area contributed by atoms with Gasteiger partial charge in [0.2, 0.25) is 0 Å². The van der Waals surface area contributed by atoms with E-state index in [4.69, 9.17) is 12.2 Å². The zero-order chi connectivity index (χ0) is 22.9. The van der Waals surface area contributed by atoms with Gasteiger partial charge in [0.1, 0.15) is 23.2 Å². The zero-order valence-electron chi connectivity index (χ0n) is 17.3. The maximum absolute atomic E-state index is 14.4. The van der Waals surface area contributed by atoms with Crippen molar-refractivity contribution in [2.45, 2.75) is 43.3 Å². The van der Waals surface area contributed by atoms with Crippen LogP contribution in [0.5, 0.6) is 0 Å². The number of nitrogens with zero attached hydrogens (tertiary/aromatic N) is 2. The molecule has 33 heavy (non-hydrogen) atoms. The van der Waals surface area contributed by atoms with Crippen molar-refractivity contribution in [1.82, 2.24) is 20.4 Å². The van der Waals surface area contributed by atoms with Gasteiger partial charge in [-0.3, -0.25) is 14.5 Å². The van der Waals surface area contributed by atoms with Crippen molar-refractivity contribution < 1.29 is 13.6 Å². The van der Waals surface area contributed by atoms with Crippen molar-refractivity contribution in [3.63, 3.8) is 0 Å². The third kappa shape index (κ3) is 2.90. The fourth-order valence-corrected chi connectivity index (χ4v) is 5.83. The molecule has 3 N–H and O–H groups in total. The molecule has 0 radical (unpaired) electrons. The molecule has 1 saturated carbocycles. The second-order valence-electron chi connectivity index (χ2n) is 8.83. The molecule has 6 rings (SSSR count). The third-order valence-corrected chi connectivity index (χ3v) is 7.25. The third-order valence-electron chi connectivity index (χ3n) is 6.95. The van der Waals surface area contributed by atoms with E-state index in [2.05, 4.69) is 20.8 Å². The molecule has 0 bridgehead atoms. The van der Waals surface area contributed by atoms with Gasteiger partial charge in [0.05, 0.1) is 17.1 Å². The molecule has 3 aliphatic rings. The Morgan fingerprint density at radius 1 is 1.06 bits per heavy atom. The Morgan fingerprint density at radius 3 is 2.52 bits per heavy atom. The monoisotopic (exact) mass is 467 g/mol. The molecule has 7 nitrogen and oxygen atoms in total. The van der Waals surface area contributed by atoms with Crippen molar-refractivity contribution in [3.8, 4) is 0 Å². The number of thiocarbonyl (C=S) groups is 1. The summed E-state index contributed by atoms with van der Waals surface area (Å²) in [6.07, 6.45) is 3.20. The molecule has 3 aromatic rings.